The Labute approximate surface area is 117 Å². The first-order valence-corrected chi connectivity index (χ1v) is 6.11. The highest BCUT2D eigenvalue weighted by Crippen LogP contribution is 2.15. The van der Waals surface area contributed by atoms with Gasteiger partial charge in [0.2, 0.25) is 0 Å². The summed E-state index contributed by atoms with van der Waals surface area (Å²) in [6, 6.07) is 8.26. The number of rotatable bonds is 3. The maximum atomic E-state index is 11.9. The minimum absolute atomic E-state index is 0.0408. The van der Waals surface area contributed by atoms with Gasteiger partial charge in [-0.25, -0.2) is 4.79 Å². The van der Waals surface area contributed by atoms with Crippen LogP contribution in [0.15, 0.2) is 34.8 Å². The summed E-state index contributed by atoms with van der Waals surface area (Å²) in [5.74, 6) is -1.58. The standard InChI is InChI=1S/C12H10BrN3O3/c1-16-10(12(18)19)6-9(15-16)11(17)14-8-4-2-7(13)3-5-8/h2-6H,1H3,(H,14,17)(H,18,19). The van der Waals surface area contributed by atoms with Crippen LogP contribution in [0.4, 0.5) is 5.69 Å². The number of aryl methyl sites for hydroxylation is 1. The highest BCUT2D eigenvalue weighted by atomic mass is 79.9. The van der Waals surface area contributed by atoms with E-state index in [0.29, 0.717) is 5.69 Å². The number of aromatic carboxylic acids is 1. The first kappa shape index (κ1) is 13.3. The summed E-state index contributed by atoms with van der Waals surface area (Å²) < 4.78 is 2.05. The average Bonchev–Trinajstić information content (AvgIpc) is 2.74. The normalized spacial score (nSPS) is 10.2. The van der Waals surface area contributed by atoms with Gasteiger partial charge in [0.15, 0.2) is 5.69 Å². The molecular formula is C12H10BrN3O3. The second-order valence-electron chi connectivity index (χ2n) is 3.80. The zero-order valence-electron chi connectivity index (χ0n) is 9.92. The molecule has 98 valence electrons. The number of amides is 1. The van der Waals surface area contributed by atoms with Crippen molar-refractivity contribution < 1.29 is 14.7 Å². The van der Waals surface area contributed by atoms with Crippen LogP contribution in [0.3, 0.4) is 0 Å². The molecule has 0 saturated heterocycles. The van der Waals surface area contributed by atoms with Crippen LogP contribution in [0.1, 0.15) is 21.0 Å². The Morgan fingerprint density at radius 1 is 1.32 bits per heavy atom. The average molecular weight is 324 g/mol. The van der Waals surface area contributed by atoms with Gasteiger partial charge >= 0.3 is 5.97 Å². The molecule has 0 aliphatic rings. The molecule has 1 aromatic carbocycles. The Bertz CT molecular complexity index is 634. The lowest BCUT2D eigenvalue weighted by Crippen LogP contribution is -2.12. The fraction of sp³-hybridized carbons (Fsp3) is 0.0833. The molecule has 0 fully saturated rings. The lowest BCUT2D eigenvalue weighted by Gasteiger charge is -2.02. The van der Waals surface area contributed by atoms with Crippen molar-refractivity contribution in [3.63, 3.8) is 0 Å². The van der Waals surface area contributed by atoms with Gasteiger partial charge in [0.1, 0.15) is 5.69 Å². The largest absolute Gasteiger partial charge is 0.477 e. The molecule has 2 N–H and O–H groups in total. The fourth-order valence-electron chi connectivity index (χ4n) is 1.51. The van der Waals surface area contributed by atoms with E-state index in [4.69, 9.17) is 5.11 Å². The van der Waals surface area contributed by atoms with Crippen molar-refractivity contribution in [2.24, 2.45) is 7.05 Å². The summed E-state index contributed by atoms with van der Waals surface area (Å²) in [6.07, 6.45) is 0. The molecule has 1 heterocycles. The SMILES string of the molecule is Cn1nc(C(=O)Nc2ccc(Br)cc2)cc1C(=O)O. The van der Waals surface area contributed by atoms with Gasteiger partial charge in [-0.3, -0.25) is 9.48 Å². The third-order valence-corrected chi connectivity index (χ3v) is 2.96. The van der Waals surface area contributed by atoms with Crippen LogP contribution in [0, 0.1) is 0 Å². The molecule has 0 unspecified atom stereocenters. The summed E-state index contributed by atoms with van der Waals surface area (Å²) in [5.41, 5.74) is 0.625. The minimum atomic E-state index is -1.13. The number of anilines is 1. The first-order chi connectivity index (χ1) is 8.97. The lowest BCUT2D eigenvalue weighted by molar-refractivity contribution is 0.0685. The second-order valence-corrected chi connectivity index (χ2v) is 4.72. The van der Waals surface area contributed by atoms with E-state index in [-0.39, 0.29) is 11.4 Å². The Morgan fingerprint density at radius 2 is 1.95 bits per heavy atom. The summed E-state index contributed by atoms with van der Waals surface area (Å²) in [6.45, 7) is 0. The number of benzene rings is 1. The maximum absolute atomic E-state index is 11.9. The number of nitrogens with zero attached hydrogens (tertiary/aromatic N) is 2. The van der Waals surface area contributed by atoms with Crippen LogP contribution in [0.2, 0.25) is 0 Å². The molecule has 2 aromatic rings. The fourth-order valence-corrected chi connectivity index (χ4v) is 1.77. The molecule has 0 atom stereocenters. The molecule has 6 nitrogen and oxygen atoms in total. The van der Waals surface area contributed by atoms with E-state index in [1.807, 2.05) is 0 Å². The number of aromatic nitrogens is 2. The summed E-state index contributed by atoms with van der Waals surface area (Å²) in [7, 11) is 1.47. The highest BCUT2D eigenvalue weighted by molar-refractivity contribution is 9.10. The van der Waals surface area contributed by atoms with Gasteiger partial charge in [-0.05, 0) is 24.3 Å². The van der Waals surface area contributed by atoms with Crippen LogP contribution in [0.5, 0.6) is 0 Å². The summed E-state index contributed by atoms with van der Waals surface area (Å²) >= 11 is 3.29. The van der Waals surface area contributed by atoms with Crippen LogP contribution in [-0.2, 0) is 7.05 Å². The maximum Gasteiger partial charge on any atom is 0.354 e. The molecule has 0 saturated carbocycles. The van der Waals surface area contributed by atoms with Gasteiger partial charge in [-0.2, -0.15) is 5.10 Å². The quantitative estimate of drug-likeness (QED) is 0.906. The van der Waals surface area contributed by atoms with E-state index in [9.17, 15) is 9.59 Å². The van der Waals surface area contributed by atoms with Gasteiger partial charge in [0.25, 0.3) is 5.91 Å². The van der Waals surface area contributed by atoms with Crippen molar-refractivity contribution in [1.82, 2.24) is 9.78 Å². The smallest absolute Gasteiger partial charge is 0.354 e. The Hall–Kier alpha value is -2.15. The zero-order chi connectivity index (χ0) is 14.0. The lowest BCUT2D eigenvalue weighted by atomic mass is 10.3. The minimum Gasteiger partial charge on any atom is -0.477 e. The van der Waals surface area contributed by atoms with Crippen molar-refractivity contribution in [1.29, 1.82) is 0 Å². The van der Waals surface area contributed by atoms with Crippen molar-refractivity contribution in [3.05, 3.63) is 46.2 Å². The van der Waals surface area contributed by atoms with Crippen LogP contribution < -0.4 is 5.32 Å². The predicted molar refractivity (Wildman–Crippen MR) is 72.3 cm³/mol. The predicted octanol–water partition coefficient (Wildman–Crippen LogP) is 2.13. The molecule has 0 aliphatic carbocycles. The number of carbonyl (C=O) groups is 2. The highest BCUT2D eigenvalue weighted by Gasteiger charge is 2.16. The topological polar surface area (TPSA) is 84.2 Å². The number of carboxylic acids is 1. The van der Waals surface area contributed by atoms with Gasteiger partial charge in [0, 0.05) is 23.3 Å². The number of hydrogen-bond donors (Lipinski definition) is 2. The van der Waals surface area contributed by atoms with E-state index in [2.05, 4.69) is 26.3 Å². The molecule has 2 rings (SSSR count). The Kier molecular flexibility index (Phi) is 3.66. The van der Waals surface area contributed by atoms with Crippen molar-refractivity contribution in [3.8, 4) is 0 Å². The molecule has 7 heteroatoms. The van der Waals surface area contributed by atoms with Gasteiger partial charge in [-0.1, -0.05) is 15.9 Å². The zero-order valence-corrected chi connectivity index (χ0v) is 11.5. The number of carbonyl (C=O) groups excluding carboxylic acids is 1. The van der Waals surface area contributed by atoms with E-state index >= 15 is 0 Å². The first-order valence-electron chi connectivity index (χ1n) is 5.31. The number of carboxylic acid groups (broad SMARTS) is 1. The van der Waals surface area contributed by atoms with Gasteiger partial charge in [-0.15, -0.1) is 0 Å². The molecule has 0 bridgehead atoms. The number of halogens is 1. The van der Waals surface area contributed by atoms with Gasteiger partial charge in [0.05, 0.1) is 0 Å². The summed E-state index contributed by atoms with van der Waals surface area (Å²) in [4.78, 5) is 22.8. The summed E-state index contributed by atoms with van der Waals surface area (Å²) in [5, 5.41) is 15.4. The number of hydrogen-bond acceptors (Lipinski definition) is 3. The van der Waals surface area contributed by atoms with Crippen LogP contribution in [-0.4, -0.2) is 26.8 Å². The molecular weight excluding hydrogens is 314 g/mol. The third-order valence-electron chi connectivity index (χ3n) is 2.43. The monoisotopic (exact) mass is 323 g/mol. The van der Waals surface area contributed by atoms with E-state index in [1.54, 1.807) is 24.3 Å². The van der Waals surface area contributed by atoms with Crippen LogP contribution >= 0.6 is 15.9 Å². The molecule has 0 aliphatic heterocycles. The van der Waals surface area contributed by atoms with E-state index < -0.39 is 11.9 Å². The number of nitrogens with one attached hydrogen (secondary N) is 1. The Morgan fingerprint density at radius 3 is 2.47 bits per heavy atom. The van der Waals surface area contributed by atoms with Gasteiger partial charge < -0.3 is 10.4 Å². The van der Waals surface area contributed by atoms with E-state index in [0.717, 1.165) is 9.15 Å². The Balaban J connectivity index is 2.18. The molecule has 0 radical (unpaired) electrons. The van der Waals surface area contributed by atoms with Crippen molar-refractivity contribution >= 4 is 33.5 Å². The third kappa shape index (κ3) is 3.00. The molecule has 1 amide bonds. The van der Waals surface area contributed by atoms with Crippen molar-refractivity contribution in [2.45, 2.75) is 0 Å². The van der Waals surface area contributed by atoms with Crippen LogP contribution in [0.25, 0.3) is 0 Å². The second kappa shape index (κ2) is 5.23. The van der Waals surface area contributed by atoms with E-state index in [1.165, 1.54) is 13.1 Å². The molecule has 19 heavy (non-hydrogen) atoms. The molecule has 0 spiro atoms. The van der Waals surface area contributed by atoms with Crippen molar-refractivity contribution in [2.75, 3.05) is 5.32 Å². The molecule has 1 aromatic heterocycles.